The molecule has 2 aromatic rings. The summed E-state index contributed by atoms with van der Waals surface area (Å²) in [5, 5.41) is 3.41. The van der Waals surface area contributed by atoms with Gasteiger partial charge in [-0.2, -0.15) is 0 Å². The molecule has 8 heteroatoms. The lowest BCUT2D eigenvalue weighted by Gasteiger charge is -2.22. The Morgan fingerprint density at radius 3 is 2.50 bits per heavy atom. The standard InChI is InChI=1S/C20H21BrClN3O3/c21-15-5-7-18(8-6-15)28-14-19(26)24-9-2-10-25(12-11-24)20(27)23-17-4-1-3-16(22)13-17/h1,3-8,13H,2,9-12,14H2,(H,23,27). The van der Waals surface area contributed by atoms with Crippen molar-refractivity contribution in [2.75, 3.05) is 38.1 Å². The summed E-state index contributed by atoms with van der Waals surface area (Å²) >= 11 is 9.32. The fourth-order valence-corrected chi connectivity index (χ4v) is 3.36. The van der Waals surface area contributed by atoms with Gasteiger partial charge in [0.05, 0.1) is 0 Å². The number of nitrogens with zero attached hydrogens (tertiary/aromatic N) is 2. The highest BCUT2D eigenvalue weighted by atomic mass is 79.9. The summed E-state index contributed by atoms with van der Waals surface area (Å²) in [6.45, 7) is 2.12. The lowest BCUT2D eigenvalue weighted by atomic mass is 10.3. The molecule has 2 aromatic carbocycles. The molecular weight excluding hydrogens is 446 g/mol. The molecule has 6 nitrogen and oxygen atoms in total. The molecule has 0 radical (unpaired) electrons. The quantitative estimate of drug-likeness (QED) is 0.733. The van der Waals surface area contributed by atoms with Crippen LogP contribution in [0, 0.1) is 0 Å². The smallest absolute Gasteiger partial charge is 0.321 e. The molecule has 3 amide bonds. The van der Waals surface area contributed by atoms with Gasteiger partial charge in [0.2, 0.25) is 0 Å². The molecule has 1 fully saturated rings. The second kappa shape index (κ2) is 9.80. The van der Waals surface area contributed by atoms with Crippen LogP contribution in [0.2, 0.25) is 5.02 Å². The van der Waals surface area contributed by atoms with E-state index in [4.69, 9.17) is 16.3 Å². The molecule has 1 N–H and O–H groups in total. The Bertz CT molecular complexity index is 832. The number of rotatable bonds is 4. The summed E-state index contributed by atoms with van der Waals surface area (Å²) in [7, 11) is 0. The van der Waals surface area contributed by atoms with Crippen LogP contribution in [-0.2, 0) is 4.79 Å². The van der Waals surface area contributed by atoms with Crippen LogP contribution < -0.4 is 10.1 Å². The van der Waals surface area contributed by atoms with Crippen LogP contribution in [0.1, 0.15) is 6.42 Å². The van der Waals surface area contributed by atoms with Crippen LogP contribution in [-0.4, -0.2) is 54.5 Å². The van der Waals surface area contributed by atoms with E-state index in [1.807, 2.05) is 24.3 Å². The minimum atomic E-state index is -0.192. The molecule has 0 unspecified atom stereocenters. The summed E-state index contributed by atoms with van der Waals surface area (Å²) in [5.41, 5.74) is 0.651. The Hall–Kier alpha value is -2.25. The van der Waals surface area contributed by atoms with Crippen molar-refractivity contribution >= 4 is 45.2 Å². The Balaban J connectivity index is 1.48. The van der Waals surface area contributed by atoms with Crippen molar-refractivity contribution < 1.29 is 14.3 Å². The Morgan fingerprint density at radius 2 is 1.75 bits per heavy atom. The van der Waals surface area contributed by atoms with E-state index in [9.17, 15) is 9.59 Å². The lowest BCUT2D eigenvalue weighted by molar-refractivity contribution is -0.133. The molecule has 0 saturated carbocycles. The molecule has 0 aromatic heterocycles. The lowest BCUT2D eigenvalue weighted by Crippen LogP contribution is -2.40. The number of nitrogens with one attached hydrogen (secondary N) is 1. The van der Waals surface area contributed by atoms with Gasteiger partial charge < -0.3 is 19.9 Å². The third-order valence-electron chi connectivity index (χ3n) is 4.39. The zero-order chi connectivity index (χ0) is 19.9. The van der Waals surface area contributed by atoms with E-state index in [2.05, 4.69) is 21.2 Å². The molecule has 0 atom stereocenters. The highest BCUT2D eigenvalue weighted by molar-refractivity contribution is 9.10. The van der Waals surface area contributed by atoms with Crippen molar-refractivity contribution in [2.45, 2.75) is 6.42 Å². The number of urea groups is 1. The SMILES string of the molecule is O=C(COc1ccc(Br)cc1)N1CCCN(C(=O)Nc2cccc(Cl)c2)CC1. The van der Waals surface area contributed by atoms with Crippen LogP contribution in [0.5, 0.6) is 5.75 Å². The molecule has 1 saturated heterocycles. The topological polar surface area (TPSA) is 61.9 Å². The minimum Gasteiger partial charge on any atom is -0.484 e. The molecule has 1 heterocycles. The van der Waals surface area contributed by atoms with Gasteiger partial charge in [-0.15, -0.1) is 0 Å². The predicted molar refractivity (Wildman–Crippen MR) is 113 cm³/mol. The summed E-state index contributed by atoms with van der Waals surface area (Å²) in [6.07, 6.45) is 0.715. The van der Waals surface area contributed by atoms with E-state index in [-0.39, 0.29) is 18.5 Å². The van der Waals surface area contributed by atoms with Gasteiger partial charge in [0.15, 0.2) is 6.61 Å². The van der Waals surface area contributed by atoms with Crippen LogP contribution in [0.4, 0.5) is 10.5 Å². The molecular formula is C20H21BrClN3O3. The highest BCUT2D eigenvalue weighted by Gasteiger charge is 2.22. The first-order chi connectivity index (χ1) is 13.5. The van der Waals surface area contributed by atoms with Crippen molar-refractivity contribution in [3.05, 3.63) is 58.0 Å². The second-order valence-corrected chi connectivity index (χ2v) is 7.76. The van der Waals surface area contributed by atoms with Crippen LogP contribution in [0.15, 0.2) is 53.0 Å². The van der Waals surface area contributed by atoms with Gasteiger partial charge in [0, 0.05) is 41.4 Å². The summed E-state index contributed by atoms with van der Waals surface area (Å²) in [5.74, 6) is 0.564. The Kier molecular flexibility index (Phi) is 7.17. The number of carbonyl (C=O) groups excluding carboxylic acids is 2. The van der Waals surface area contributed by atoms with Crippen LogP contribution in [0.3, 0.4) is 0 Å². The first-order valence-electron chi connectivity index (χ1n) is 8.99. The first-order valence-corrected chi connectivity index (χ1v) is 10.2. The van der Waals surface area contributed by atoms with Crippen molar-refractivity contribution in [3.63, 3.8) is 0 Å². The van der Waals surface area contributed by atoms with E-state index in [1.54, 1.807) is 34.1 Å². The maximum atomic E-state index is 12.5. The summed E-state index contributed by atoms with van der Waals surface area (Å²) in [6, 6.07) is 14.2. The van der Waals surface area contributed by atoms with Crippen molar-refractivity contribution in [1.82, 2.24) is 9.80 Å². The zero-order valence-electron chi connectivity index (χ0n) is 15.2. The number of ether oxygens (including phenoxy) is 1. The number of benzene rings is 2. The molecule has 148 valence electrons. The summed E-state index contributed by atoms with van der Waals surface area (Å²) < 4.78 is 6.52. The van der Waals surface area contributed by atoms with Gasteiger partial charge >= 0.3 is 6.03 Å². The average Bonchev–Trinajstić information content (AvgIpc) is 2.94. The average molecular weight is 467 g/mol. The number of hydrogen-bond donors (Lipinski definition) is 1. The molecule has 28 heavy (non-hydrogen) atoms. The first kappa shape index (κ1) is 20.5. The monoisotopic (exact) mass is 465 g/mol. The van der Waals surface area contributed by atoms with E-state index < -0.39 is 0 Å². The largest absolute Gasteiger partial charge is 0.484 e. The van der Waals surface area contributed by atoms with Gasteiger partial charge in [-0.3, -0.25) is 4.79 Å². The van der Waals surface area contributed by atoms with Gasteiger partial charge in [-0.25, -0.2) is 4.79 Å². The fraction of sp³-hybridized carbons (Fsp3) is 0.300. The third-order valence-corrected chi connectivity index (χ3v) is 5.15. The van der Waals surface area contributed by atoms with Gasteiger partial charge in [0.1, 0.15) is 5.75 Å². The highest BCUT2D eigenvalue weighted by Crippen LogP contribution is 2.17. The molecule has 0 aliphatic carbocycles. The maximum absolute atomic E-state index is 12.5. The predicted octanol–water partition coefficient (Wildman–Crippen LogP) is 4.25. The molecule has 0 spiro atoms. The molecule has 0 bridgehead atoms. The van der Waals surface area contributed by atoms with E-state index >= 15 is 0 Å². The van der Waals surface area contributed by atoms with Crippen molar-refractivity contribution in [1.29, 1.82) is 0 Å². The third kappa shape index (κ3) is 5.87. The minimum absolute atomic E-state index is 0.0175. The van der Waals surface area contributed by atoms with E-state index in [0.29, 0.717) is 49.1 Å². The van der Waals surface area contributed by atoms with E-state index in [1.165, 1.54) is 0 Å². The fourth-order valence-electron chi connectivity index (χ4n) is 2.91. The van der Waals surface area contributed by atoms with Gasteiger partial charge in [-0.05, 0) is 48.9 Å². The second-order valence-electron chi connectivity index (χ2n) is 6.40. The van der Waals surface area contributed by atoms with Crippen molar-refractivity contribution in [3.8, 4) is 5.75 Å². The van der Waals surface area contributed by atoms with Crippen LogP contribution >= 0.6 is 27.5 Å². The number of hydrogen-bond acceptors (Lipinski definition) is 3. The van der Waals surface area contributed by atoms with Gasteiger partial charge in [0.25, 0.3) is 5.91 Å². The molecule has 1 aliphatic heterocycles. The zero-order valence-corrected chi connectivity index (χ0v) is 17.6. The maximum Gasteiger partial charge on any atom is 0.321 e. The Labute approximate surface area is 177 Å². The Morgan fingerprint density at radius 1 is 1.04 bits per heavy atom. The number of amides is 3. The molecule has 1 aliphatic rings. The normalized spacial score (nSPS) is 14.4. The number of carbonyl (C=O) groups is 2. The van der Waals surface area contributed by atoms with Crippen molar-refractivity contribution in [2.24, 2.45) is 0 Å². The van der Waals surface area contributed by atoms with Gasteiger partial charge in [-0.1, -0.05) is 33.6 Å². The molecule has 3 rings (SSSR count). The number of anilines is 1. The summed E-state index contributed by atoms with van der Waals surface area (Å²) in [4.78, 5) is 28.4. The van der Waals surface area contributed by atoms with Crippen LogP contribution in [0.25, 0.3) is 0 Å². The number of halogens is 2. The van der Waals surface area contributed by atoms with E-state index in [0.717, 1.165) is 4.47 Å².